The Kier molecular flexibility index (Phi) is 2.02. The normalized spacial score (nSPS) is 11.2. The molecule has 0 N–H and O–H groups in total. The lowest BCUT2D eigenvalue weighted by Gasteiger charge is -1.98. The average molecular weight is 252 g/mol. The Morgan fingerprint density at radius 3 is 2.47 bits per heavy atom. The van der Waals surface area contributed by atoms with Crippen molar-refractivity contribution in [3.63, 3.8) is 0 Å². The van der Waals surface area contributed by atoms with E-state index in [9.17, 15) is 0 Å². The molecule has 19 heavy (non-hydrogen) atoms. The van der Waals surface area contributed by atoms with E-state index in [0.29, 0.717) is 23.1 Å². The predicted octanol–water partition coefficient (Wildman–Crippen LogP) is 2.64. The van der Waals surface area contributed by atoms with Crippen molar-refractivity contribution in [1.82, 2.24) is 19.6 Å². The summed E-state index contributed by atoms with van der Waals surface area (Å²) < 4.78 is 12.3. The van der Waals surface area contributed by atoms with Crippen LogP contribution in [0, 0.1) is 0 Å². The molecule has 0 aliphatic rings. The third-order valence-electron chi connectivity index (χ3n) is 2.76. The van der Waals surface area contributed by atoms with Crippen LogP contribution in [0.1, 0.15) is 0 Å². The fraction of sp³-hybridized carbons (Fsp3) is 0. The second kappa shape index (κ2) is 3.81. The van der Waals surface area contributed by atoms with Crippen molar-refractivity contribution >= 4 is 5.78 Å². The van der Waals surface area contributed by atoms with Crippen molar-refractivity contribution in [3.8, 4) is 23.0 Å². The van der Waals surface area contributed by atoms with Crippen molar-refractivity contribution in [1.29, 1.82) is 0 Å². The summed E-state index contributed by atoms with van der Waals surface area (Å²) in [4.78, 5) is 8.52. The van der Waals surface area contributed by atoms with Gasteiger partial charge in [0.15, 0.2) is 11.5 Å². The molecule has 0 radical (unpaired) electrons. The third-order valence-corrected chi connectivity index (χ3v) is 2.76. The van der Waals surface area contributed by atoms with Gasteiger partial charge >= 0.3 is 0 Å². The summed E-state index contributed by atoms with van der Waals surface area (Å²) in [6, 6.07) is 9.12. The maximum Gasteiger partial charge on any atom is 0.253 e. The summed E-state index contributed by atoms with van der Waals surface area (Å²) in [5.41, 5.74) is 0.792. The molecular formula is C13H8N4O2. The standard InChI is InChI=1S/C13H8N4O2/c1-3-10(18-7-1)9-5-6-14-13-15-12(16-17(9)13)11-4-2-8-19-11/h1-8H. The Morgan fingerprint density at radius 2 is 1.74 bits per heavy atom. The van der Waals surface area contributed by atoms with Crippen LogP contribution in [0.15, 0.2) is 57.9 Å². The molecule has 4 aromatic heterocycles. The molecule has 92 valence electrons. The highest BCUT2D eigenvalue weighted by Crippen LogP contribution is 2.22. The molecule has 0 saturated carbocycles. The van der Waals surface area contributed by atoms with Crippen molar-refractivity contribution in [2.45, 2.75) is 0 Å². The number of furan rings is 2. The minimum absolute atomic E-state index is 0.497. The van der Waals surface area contributed by atoms with Gasteiger partial charge in [0.05, 0.1) is 12.5 Å². The van der Waals surface area contributed by atoms with Crippen LogP contribution < -0.4 is 0 Å². The molecule has 0 aromatic carbocycles. The van der Waals surface area contributed by atoms with Crippen molar-refractivity contribution in [3.05, 3.63) is 49.1 Å². The van der Waals surface area contributed by atoms with Crippen LogP contribution in [-0.4, -0.2) is 19.6 Å². The molecule has 0 aliphatic heterocycles. The number of nitrogens with zero attached hydrogens (tertiary/aromatic N) is 4. The number of rotatable bonds is 2. The molecule has 6 heteroatoms. The summed E-state index contributed by atoms with van der Waals surface area (Å²) in [6.45, 7) is 0. The first-order valence-electron chi connectivity index (χ1n) is 5.71. The molecular weight excluding hydrogens is 244 g/mol. The Hall–Kier alpha value is -2.89. The molecule has 0 unspecified atom stereocenters. The summed E-state index contributed by atoms with van der Waals surface area (Å²) >= 11 is 0. The van der Waals surface area contributed by atoms with E-state index in [1.165, 1.54) is 0 Å². The molecule has 4 heterocycles. The molecule has 0 atom stereocenters. The summed E-state index contributed by atoms with van der Waals surface area (Å²) in [5.74, 6) is 2.32. The highest BCUT2D eigenvalue weighted by Gasteiger charge is 2.13. The van der Waals surface area contributed by atoms with Crippen molar-refractivity contribution in [2.24, 2.45) is 0 Å². The average Bonchev–Trinajstić information content (AvgIpc) is 3.18. The summed E-state index contributed by atoms with van der Waals surface area (Å²) in [7, 11) is 0. The molecule has 0 saturated heterocycles. The first-order chi connectivity index (χ1) is 9.42. The predicted molar refractivity (Wildman–Crippen MR) is 66.2 cm³/mol. The van der Waals surface area contributed by atoms with E-state index in [0.717, 1.165) is 5.69 Å². The van der Waals surface area contributed by atoms with Gasteiger partial charge in [-0.3, -0.25) is 0 Å². The minimum atomic E-state index is 0.497. The second-order valence-corrected chi connectivity index (χ2v) is 3.93. The summed E-state index contributed by atoms with van der Waals surface area (Å²) in [6.07, 6.45) is 4.88. The smallest absolute Gasteiger partial charge is 0.253 e. The van der Waals surface area contributed by atoms with Gasteiger partial charge < -0.3 is 8.83 Å². The Labute approximate surface area is 107 Å². The zero-order valence-corrected chi connectivity index (χ0v) is 9.72. The van der Waals surface area contributed by atoms with Gasteiger partial charge in [-0.1, -0.05) is 0 Å². The first-order valence-corrected chi connectivity index (χ1v) is 5.71. The van der Waals surface area contributed by atoms with Crippen LogP contribution in [0.4, 0.5) is 0 Å². The van der Waals surface area contributed by atoms with E-state index in [-0.39, 0.29) is 0 Å². The van der Waals surface area contributed by atoms with Crippen LogP contribution in [0.3, 0.4) is 0 Å². The van der Waals surface area contributed by atoms with E-state index in [1.54, 1.807) is 35.4 Å². The molecule has 4 rings (SSSR count). The lowest BCUT2D eigenvalue weighted by molar-refractivity contribution is 0.574. The molecule has 0 fully saturated rings. The first kappa shape index (κ1) is 10.1. The largest absolute Gasteiger partial charge is 0.463 e. The van der Waals surface area contributed by atoms with Gasteiger partial charge in [-0.2, -0.15) is 9.50 Å². The fourth-order valence-corrected chi connectivity index (χ4v) is 1.92. The van der Waals surface area contributed by atoms with Gasteiger partial charge in [0.1, 0.15) is 5.69 Å². The Balaban J connectivity index is 1.97. The molecule has 0 bridgehead atoms. The topological polar surface area (TPSA) is 69.4 Å². The van der Waals surface area contributed by atoms with Crippen LogP contribution >= 0.6 is 0 Å². The van der Waals surface area contributed by atoms with E-state index >= 15 is 0 Å². The van der Waals surface area contributed by atoms with Crippen molar-refractivity contribution < 1.29 is 8.83 Å². The summed E-state index contributed by atoms with van der Waals surface area (Å²) in [5, 5.41) is 4.40. The number of aromatic nitrogens is 4. The fourth-order valence-electron chi connectivity index (χ4n) is 1.92. The molecule has 0 amide bonds. The number of fused-ring (bicyclic) bond motifs is 1. The van der Waals surface area contributed by atoms with Crippen molar-refractivity contribution in [2.75, 3.05) is 0 Å². The lowest BCUT2D eigenvalue weighted by atomic mass is 10.3. The second-order valence-electron chi connectivity index (χ2n) is 3.93. The minimum Gasteiger partial charge on any atom is -0.463 e. The SMILES string of the molecule is c1coc(-c2nc3nccc(-c4ccco4)n3n2)c1. The molecule has 6 nitrogen and oxygen atoms in total. The van der Waals surface area contributed by atoms with Crippen LogP contribution in [0.5, 0.6) is 0 Å². The molecule has 4 aromatic rings. The van der Waals surface area contributed by atoms with Crippen LogP contribution in [0.25, 0.3) is 28.8 Å². The van der Waals surface area contributed by atoms with Crippen LogP contribution in [0.2, 0.25) is 0 Å². The molecule has 0 spiro atoms. The Bertz CT molecular complexity index is 816. The van der Waals surface area contributed by atoms with Gasteiger partial charge in [-0.15, -0.1) is 5.10 Å². The van der Waals surface area contributed by atoms with Crippen LogP contribution in [-0.2, 0) is 0 Å². The highest BCUT2D eigenvalue weighted by atomic mass is 16.3. The van der Waals surface area contributed by atoms with E-state index in [1.807, 2.05) is 18.2 Å². The quantitative estimate of drug-likeness (QED) is 0.548. The number of hydrogen-bond acceptors (Lipinski definition) is 5. The van der Waals surface area contributed by atoms with E-state index in [2.05, 4.69) is 15.1 Å². The number of hydrogen-bond donors (Lipinski definition) is 0. The highest BCUT2D eigenvalue weighted by molar-refractivity contribution is 5.57. The van der Waals surface area contributed by atoms with Gasteiger partial charge in [0.2, 0.25) is 5.82 Å². The zero-order chi connectivity index (χ0) is 12.7. The Morgan fingerprint density at radius 1 is 0.947 bits per heavy atom. The third kappa shape index (κ3) is 1.54. The van der Waals surface area contributed by atoms with Gasteiger partial charge in [0.25, 0.3) is 5.78 Å². The molecule has 0 aliphatic carbocycles. The van der Waals surface area contributed by atoms with Gasteiger partial charge in [-0.25, -0.2) is 4.98 Å². The van der Waals surface area contributed by atoms with E-state index < -0.39 is 0 Å². The maximum absolute atomic E-state index is 5.39. The van der Waals surface area contributed by atoms with Gasteiger partial charge in [0, 0.05) is 6.20 Å². The van der Waals surface area contributed by atoms with Gasteiger partial charge in [-0.05, 0) is 30.3 Å². The zero-order valence-electron chi connectivity index (χ0n) is 9.72. The monoisotopic (exact) mass is 252 g/mol. The maximum atomic E-state index is 5.39. The van der Waals surface area contributed by atoms with E-state index in [4.69, 9.17) is 8.83 Å². The lowest BCUT2D eigenvalue weighted by Crippen LogP contribution is -1.94.